The predicted octanol–water partition coefficient (Wildman–Crippen LogP) is 3.44. The zero-order chi connectivity index (χ0) is 15.2. The summed E-state index contributed by atoms with van der Waals surface area (Å²) in [6, 6.07) is 2.81. The van der Waals surface area contributed by atoms with Gasteiger partial charge < -0.3 is 10.6 Å². The number of nitrogens with one attached hydrogen (secondary N) is 2. The summed E-state index contributed by atoms with van der Waals surface area (Å²) in [7, 11) is 0. The van der Waals surface area contributed by atoms with E-state index in [1.54, 1.807) is 6.20 Å². The second-order valence-corrected chi connectivity index (χ2v) is 5.44. The summed E-state index contributed by atoms with van der Waals surface area (Å²) >= 11 is 1.53. The summed E-state index contributed by atoms with van der Waals surface area (Å²) < 4.78 is 0. The lowest BCUT2D eigenvalue weighted by Crippen LogP contribution is -2.10. The average molecular weight is 307 g/mol. The predicted molar refractivity (Wildman–Crippen MR) is 83.8 cm³/mol. The Morgan fingerprint density at radius 1 is 1.43 bits per heavy atom. The monoisotopic (exact) mass is 307 g/mol. The molecule has 0 fully saturated rings. The molecule has 0 aliphatic rings. The molecule has 0 saturated carbocycles. The molecular formula is C13H17N5O2S. The highest BCUT2D eigenvalue weighted by Gasteiger charge is 2.14. The molecule has 0 aliphatic heterocycles. The van der Waals surface area contributed by atoms with Crippen LogP contribution < -0.4 is 10.6 Å². The molecule has 1 unspecified atom stereocenters. The van der Waals surface area contributed by atoms with Crippen LogP contribution in [-0.4, -0.2) is 21.4 Å². The number of anilines is 2. The molecule has 2 N–H and O–H groups in total. The van der Waals surface area contributed by atoms with E-state index in [4.69, 9.17) is 0 Å². The Bertz CT molecular complexity index is 603. The molecule has 1 atom stereocenters. The summed E-state index contributed by atoms with van der Waals surface area (Å²) in [5.74, 6) is 0.963. The van der Waals surface area contributed by atoms with Crippen molar-refractivity contribution in [1.29, 1.82) is 0 Å². The van der Waals surface area contributed by atoms with Gasteiger partial charge in [-0.25, -0.2) is 9.97 Å². The number of thiazole rings is 1. The summed E-state index contributed by atoms with van der Waals surface area (Å²) in [4.78, 5) is 19.2. The van der Waals surface area contributed by atoms with Crippen LogP contribution in [0.1, 0.15) is 31.3 Å². The van der Waals surface area contributed by atoms with Crippen molar-refractivity contribution in [1.82, 2.24) is 9.97 Å². The van der Waals surface area contributed by atoms with Gasteiger partial charge in [-0.3, -0.25) is 10.1 Å². The van der Waals surface area contributed by atoms with Crippen molar-refractivity contribution in [2.24, 2.45) is 0 Å². The van der Waals surface area contributed by atoms with Gasteiger partial charge in [-0.1, -0.05) is 6.92 Å². The molecule has 2 rings (SSSR count). The molecule has 7 nitrogen and oxygen atoms in total. The molecule has 0 radical (unpaired) electrons. The van der Waals surface area contributed by atoms with Gasteiger partial charge >= 0.3 is 0 Å². The van der Waals surface area contributed by atoms with Crippen molar-refractivity contribution in [2.45, 2.75) is 26.3 Å². The lowest BCUT2D eigenvalue weighted by molar-refractivity contribution is -0.384. The zero-order valence-corrected chi connectivity index (χ0v) is 12.7. The number of rotatable bonds is 7. The highest BCUT2D eigenvalue weighted by Crippen LogP contribution is 2.25. The third-order valence-corrected chi connectivity index (χ3v) is 3.72. The van der Waals surface area contributed by atoms with E-state index in [9.17, 15) is 10.1 Å². The third kappa shape index (κ3) is 4.12. The van der Waals surface area contributed by atoms with Crippen molar-refractivity contribution in [3.8, 4) is 0 Å². The van der Waals surface area contributed by atoms with Crippen LogP contribution in [0, 0.1) is 10.1 Å². The van der Waals surface area contributed by atoms with Crippen LogP contribution in [-0.2, 0) is 0 Å². The molecule has 0 amide bonds. The minimum atomic E-state index is -0.419. The van der Waals surface area contributed by atoms with Crippen LogP contribution in [0.5, 0.6) is 0 Å². The molecule has 112 valence electrons. The van der Waals surface area contributed by atoms with E-state index in [-0.39, 0.29) is 11.7 Å². The first-order chi connectivity index (χ1) is 10.1. The van der Waals surface area contributed by atoms with E-state index in [1.807, 2.05) is 19.2 Å². The fourth-order valence-corrected chi connectivity index (χ4v) is 2.42. The number of aromatic nitrogens is 2. The highest BCUT2D eigenvalue weighted by atomic mass is 32.1. The summed E-state index contributed by atoms with van der Waals surface area (Å²) in [6.07, 6.45) is 2.65. The van der Waals surface area contributed by atoms with Gasteiger partial charge in [0, 0.05) is 18.1 Å². The Morgan fingerprint density at radius 3 is 2.81 bits per heavy atom. The van der Waals surface area contributed by atoms with E-state index >= 15 is 0 Å². The van der Waals surface area contributed by atoms with Gasteiger partial charge in [-0.15, -0.1) is 11.3 Å². The van der Waals surface area contributed by atoms with Crippen molar-refractivity contribution in [3.63, 3.8) is 0 Å². The number of nitrogens with zero attached hydrogens (tertiary/aromatic N) is 3. The molecule has 0 aliphatic carbocycles. The van der Waals surface area contributed by atoms with E-state index in [0.717, 1.165) is 18.0 Å². The topological polar surface area (TPSA) is 93.0 Å². The largest absolute Gasteiger partial charge is 0.370 e. The van der Waals surface area contributed by atoms with Gasteiger partial charge in [0.1, 0.15) is 16.6 Å². The molecule has 0 aromatic carbocycles. The molecule has 21 heavy (non-hydrogen) atoms. The van der Waals surface area contributed by atoms with Crippen molar-refractivity contribution in [3.05, 3.63) is 38.8 Å². The third-order valence-electron chi connectivity index (χ3n) is 2.76. The van der Waals surface area contributed by atoms with Crippen molar-refractivity contribution in [2.75, 3.05) is 17.2 Å². The van der Waals surface area contributed by atoms with Gasteiger partial charge in [0.2, 0.25) is 0 Å². The maximum Gasteiger partial charge on any atom is 0.276 e. The lowest BCUT2D eigenvalue weighted by Gasteiger charge is -2.13. The normalized spacial score (nSPS) is 11.9. The van der Waals surface area contributed by atoms with Crippen molar-refractivity contribution >= 4 is 28.7 Å². The van der Waals surface area contributed by atoms with Gasteiger partial charge in [-0.2, -0.15) is 0 Å². The molecule has 0 bridgehead atoms. The number of hydrogen-bond donors (Lipinski definition) is 2. The number of nitro groups is 1. The van der Waals surface area contributed by atoms with Crippen LogP contribution in [0.15, 0.2) is 23.7 Å². The Kier molecular flexibility index (Phi) is 5.04. The molecule has 0 saturated heterocycles. The minimum absolute atomic E-state index is 0.0115. The van der Waals surface area contributed by atoms with E-state index < -0.39 is 4.92 Å². The number of pyridine rings is 1. The van der Waals surface area contributed by atoms with Gasteiger partial charge in [0.25, 0.3) is 5.69 Å². The maximum absolute atomic E-state index is 11.0. The molecule has 2 heterocycles. The minimum Gasteiger partial charge on any atom is -0.370 e. The molecule has 8 heteroatoms. The van der Waals surface area contributed by atoms with Gasteiger partial charge in [-0.05, 0) is 13.3 Å². The quantitative estimate of drug-likeness (QED) is 0.601. The smallest absolute Gasteiger partial charge is 0.276 e. The maximum atomic E-state index is 11.0. The molecule has 2 aromatic rings. The van der Waals surface area contributed by atoms with Crippen LogP contribution in [0.3, 0.4) is 0 Å². The first-order valence-corrected chi connectivity index (χ1v) is 7.54. The Balaban J connectivity index is 2.20. The van der Waals surface area contributed by atoms with E-state index in [0.29, 0.717) is 11.6 Å². The summed E-state index contributed by atoms with van der Waals surface area (Å²) in [5.41, 5.74) is 0.0115. The van der Waals surface area contributed by atoms with E-state index in [1.165, 1.54) is 23.5 Å². The molecule has 0 spiro atoms. The van der Waals surface area contributed by atoms with Crippen LogP contribution in [0.2, 0.25) is 0 Å². The second kappa shape index (κ2) is 6.98. The fourth-order valence-electron chi connectivity index (χ4n) is 1.77. The van der Waals surface area contributed by atoms with Crippen LogP contribution in [0.4, 0.5) is 17.3 Å². The van der Waals surface area contributed by atoms with Crippen LogP contribution >= 0.6 is 11.3 Å². The zero-order valence-electron chi connectivity index (χ0n) is 11.9. The Labute approximate surface area is 126 Å². The van der Waals surface area contributed by atoms with Gasteiger partial charge in [0.05, 0.1) is 23.1 Å². The average Bonchev–Trinajstić information content (AvgIpc) is 2.99. The first-order valence-electron chi connectivity index (χ1n) is 6.66. The SMILES string of the molecule is CCCNc1cc([N+](=O)[O-])cc(NC(C)c2nccs2)n1. The standard InChI is InChI=1S/C13H17N5O2S/c1-3-4-14-11-7-10(18(19)20)8-12(17-11)16-9(2)13-15-5-6-21-13/h5-9H,3-4H2,1-2H3,(H2,14,16,17). The number of hydrogen-bond acceptors (Lipinski definition) is 7. The van der Waals surface area contributed by atoms with E-state index in [2.05, 4.69) is 20.6 Å². The molecular weight excluding hydrogens is 290 g/mol. The Morgan fingerprint density at radius 2 is 2.19 bits per heavy atom. The summed E-state index contributed by atoms with van der Waals surface area (Å²) in [5, 5.41) is 20.0. The van der Waals surface area contributed by atoms with Gasteiger partial charge in [0.15, 0.2) is 0 Å². The summed E-state index contributed by atoms with van der Waals surface area (Å²) in [6.45, 7) is 4.68. The fraction of sp³-hybridized carbons (Fsp3) is 0.385. The molecule has 2 aromatic heterocycles. The Hall–Kier alpha value is -2.22. The van der Waals surface area contributed by atoms with Crippen LogP contribution in [0.25, 0.3) is 0 Å². The lowest BCUT2D eigenvalue weighted by atomic mass is 10.3. The second-order valence-electron chi connectivity index (χ2n) is 4.52. The highest BCUT2D eigenvalue weighted by molar-refractivity contribution is 7.09. The van der Waals surface area contributed by atoms with Crippen molar-refractivity contribution < 1.29 is 4.92 Å². The first kappa shape index (κ1) is 15.2.